The fraction of sp³-hybridized carbons (Fsp3) is 0.517. The first-order valence-corrected chi connectivity index (χ1v) is 15.4. The molecule has 0 radical (unpaired) electrons. The van der Waals surface area contributed by atoms with E-state index in [0.29, 0.717) is 17.8 Å². The number of unbranched alkanes of at least 4 members (excludes halogenated alkanes) is 10. The molecule has 2 aromatic carbocycles. The number of rotatable bonds is 16. The van der Waals surface area contributed by atoms with Crippen LogP contribution in [0.1, 0.15) is 95.1 Å². The van der Waals surface area contributed by atoms with E-state index in [-0.39, 0.29) is 15.9 Å². The topological polar surface area (TPSA) is 87.3 Å². The number of sulfonamides is 1. The summed E-state index contributed by atoms with van der Waals surface area (Å²) in [6.45, 7) is 6.09. The van der Waals surface area contributed by atoms with Crippen molar-refractivity contribution < 1.29 is 13.2 Å². The quantitative estimate of drug-likeness (QED) is 0.149. The molecule has 3 N–H and O–H groups in total. The van der Waals surface area contributed by atoms with Crippen LogP contribution in [-0.4, -0.2) is 19.4 Å². The van der Waals surface area contributed by atoms with Gasteiger partial charge in [-0.15, -0.1) is 0 Å². The molecule has 0 fully saturated rings. The van der Waals surface area contributed by atoms with Crippen LogP contribution >= 0.6 is 12.2 Å². The van der Waals surface area contributed by atoms with Crippen molar-refractivity contribution in [3.8, 4) is 0 Å². The van der Waals surface area contributed by atoms with E-state index in [1.54, 1.807) is 24.3 Å². The van der Waals surface area contributed by atoms with Crippen molar-refractivity contribution in [3.05, 3.63) is 53.6 Å². The van der Waals surface area contributed by atoms with Crippen LogP contribution in [0, 0.1) is 13.8 Å². The zero-order valence-electron chi connectivity index (χ0n) is 22.6. The van der Waals surface area contributed by atoms with E-state index in [1.807, 2.05) is 19.9 Å². The summed E-state index contributed by atoms with van der Waals surface area (Å²) in [5, 5.41) is 5.85. The Balaban J connectivity index is 1.66. The monoisotopic (exact) mass is 545 g/mol. The number of carbonyl (C=O) groups excluding carboxylic acids is 1. The van der Waals surface area contributed by atoms with E-state index in [9.17, 15) is 13.2 Å². The van der Waals surface area contributed by atoms with Crippen LogP contribution in [0.2, 0.25) is 0 Å². The molecule has 2 rings (SSSR count). The largest absolute Gasteiger partial charge is 0.332 e. The van der Waals surface area contributed by atoms with Crippen molar-refractivity contribution >= 4 is 44.6 Å². The smallest absolute Gasteiger partial charge is 0.261 e. The third-order valence-corrected chi connectivity index (χ3v) is 7.76. The summed E-state index contributed by atoms with van der Waals surface area (Å²) in [5.41, 5.74) is 3.10. The Morgan fingerprint density at radius 2 is 1.27 bits per heavy atom. The van der Waals surface area contributed by atoms with Gasteiger partial charge in [0.1, 0.15) is 0 Å². The van der Waals surface area contributed by atoms with Crippen LogP contribution in [0.3, 0.4) is 0 Å². The van der Waals surface area contributed by atoms with E-state index in [2.05, 4.69) is 22.3 Å². The third kappa shape index (κ3) is 12.6. The van der Waals surface area contributed by atoms with Gasteiger partial charge in [0.25, 0.3) is 10.0 Å². The highest BCUT2D eigenvalue weighted by Crippen LogP contribution is 2.20. The molecule has 0 unspecified atom stereocenters. The molecule has 6 nitrogen and oxygen atoms in total. The van der Waals surface area contributed by atoms with Crippen LogP contribution in [0.5, 0.6) is 0 Å². The maximum atomic E-state index is 12.7. The van der Waals surface area contributed by atoms with Crippen LogP contribution in [0.4, 0.5) is 11.4 Å². The molecule has 0 aliphatic carbocycles. The van der Waals surface area contributed by atoms with Crippen LogP contribution < -0.4 is 15.4 Å². The van der Waals surface area contributed by atoms with Gasteiger partial charge in [-0.3, -0.25) is 9.52 Å². The first-order valence-electron chi connectivity index (χ1n) is 13.5. The predicted molar refractivity (Wildman–Crippen MR) is 159 cm³/mol. The molecule has 8 heteroatoms. The lowest BCUT2D eigenvalue weighted by Crippen LogP contribution is -2.33. The molecular weight excluding hydrogens is 502 g/mol. The highest BCUT2D eigenvalue weighted by Gasteiger charge is 2.15. The number of hydrogen-bond acceptors (Lipinski definition) is 4. The van der Waals surface area contributed by atoms with Crippen LogP contribution in [0.25, 0.3) is 0 Å². The van der Waals surface area contributed by atoms with Gasteiger partial charge in [0.15, 0.2) is 5.11 Å². The van der Waals surface area contributed by atoms with E-state index in [1.165, 1.54) is 69.9 Å². The number of anilines is 2. The Morgan fingerprint density at radius 1 is 0.757 bits per heavy atom. The average molecular weight is 546 g/mol. The molecule has 37 heavy (non-hydrogen) atoms. The number of carbonyl (C=O) groups is 1. The van der Waals surface area contributed by atoms with Crippen molar-refractivity contribution in [2.24, 2.45) is 0 Å². The van der Waals surface area contributed by atoms with Gasteiger partial charge in [-0.05, 0) is 80.0 Å². The zero-order valence-corrected chi connectivity index (χ0v) is 24.2. The molecule has 0 atom stereocenters. The van der Waals surface area contributed by atoms with Gasteiger partial charge in [0.2, 0.25) is 5.91 Å². The van der Waals surface area contributed by atoms with E-state index in [0.717, 1.165) is 24.0 Å². The molecule has 0 bridgehead atoms. The molecule has 204 valence electrons. The summed E-state index contributed by atoms with van der Waals surface area (Å²) in [5.74, 6) is -0.106. The Hall–Kier alpha value is -2.45. The van der Waals surface area contributed by atoms with E-state index < -0.39 is 10.0 Å². The second-order valence-corrected chi connectivity index (χ2v) is 11.9. The molecule has 0 saturated carbocycles. The average Bonchev–Trinajstić information content (AvgIpc) is 2.82. The lowest BCUT2D eigenvalue weighted by molar-refractivity contribution is -0.119. The van der Waals surface area contributed by atoms with Gasteiger partial charge in [0.05, 0.1) is 4.90 Å². The molecule has 0 aliphatic heterocycles. The number of hydrogen-bond donors (Lipinski definition) is 3. The fourth-order valence-electron chi connectivity index (χ4n) is 4.27. The van der Waals surface area contributed by atoms with Gasteiger partial charge in [-0.2, -0.15) is 0 Å². The Kier molecular flexibility index (Phi) is 13.6. The SMILES string of the molecule is CCCCCCCCCCCCCC(=O)NC(=S)Nc1ccc(S(=O)(=O)Nc2cc(C)cc(C)c2)cc1. The minimum absolute atomic E-state index is 0.106. The normalized spacial score (nSPS) is 11.2. The van der Waals surface area contributed by atoms with Crippen molar-refractivity contribution in [2.75, 3.05) is 10.0 Å². The molecule has 0 spiro atoms. The maximum absolute atomic E-state index is 12.7. The first-order chi connectivity index (χ1) is 17.7. The number of thiocarbonyl (C=S) groups is 1. The summed E-state index contributed by atoms with van der Waals surface area (Å²) in [4.78, 5) is 12.3. The standard InChI is InChI=1S/C29H43N3O3S2/c1-4-5-6-7-8-9-10-11-12-13-14-15-28(33)31-29(36)30-25-16-18-27(19-17-25)37(34,35)32-26-21-23(2)20-24(3)22-26/h16-22,32H,4-15H2,1-3H3,(H2,30,31,33,36). The number of nitrogens with one attached hydrogen (secondary N) is 3. The van der Waals surface area contributed by atoms with Crippen molar-refractivity contribution in [2.45, 2.75) is 103 Å². The minimum atomic E-state index is -3.72. The second-order valence-electron chi connectivity index (χ2n) is 9.79. The van der Waals surface area contributed by atoms with Crippen molar-refractivity contribution in [1.82, 2.24) is 5.32 Å². The molecule has 0 aromatic heterocycles. The molecule has 1 amide bonds. The Morgan fingerprint density at radius 3 is 1.81 bits per heavy atom. The predicted octanol–water partition coefficient (Wildman–Crippen LogP) is 7.62. The number of benzene rings is 2. The van der Waals surface area contributed by atoms with Gasteiger partial charge >= 0.3 is 0 Å². The van der Waals surface area contributed by atoms with Gasteiger partial charge in [-0.25, -0.2) is 8.42 Å². The maximum Gasteiger partial charge on any atom is 0.261 e. The molecular formula is C29H43N3O3S2. The van der Waals surface area contributed by atoms with Gasteiger partial charge in [0, 0.05) is 17.8 Å². The lowest BCUT2D eigenvalue weighted by Gasteiger charge is -2.12. The lowest BCUT2D eigenvalue weighted by atomic mass is 10.1. The fourth-order valence-corrected chi connectivity index (χ4v) is 5.54. The van der Waals surface area contributed by atoms with Gasteiger partial charge < -0.3 is 10.6 Å². The highest BCUT2D eigenvalue weighted by molar-refractivity contribution is 7.92. The summed E-state index contributed by atoms with van der Waals surface area (Å²) >= 11 is 5.24. The molecule has 0 saturated heterocycles. The van der Waals surface area contributed by atoms with Gasteiger partial charge in [-0.1, -0.05) is 77.2 Å². The van der Waals surface area contributed by atoms with E-state index >= 15 is 0 Å². The highest BCUT2D eigenvalue weighted by atomic mass is 32.2. The van der Waals surface area contributed by atoms with Crippen molar-refractivity contribution in [3.63, 3.8) is 0 Å². The van der Waals surface area contributed by atoms with E-state index in [4.69, 9.17) is 12.2 Å². The van der Waals surface area contributed by atoms with Crippen LogP contribution in [-0.2, 0) is 14.8 Å². The Bertz CT molecular complexity index is 1080. The first kappa shape index (κ1) is 30.8. The molecule has 0 heterocycles. The Labute approximate surface area is 229 Å². The number of aryl methyl sites for hydroxylation is 2. The summed E-state index contributed by atoms with van der Waals surface area (Å²) in [6.07, 6.45) is 14.1. The molecule has 2 aromatic rings. The van der Waals surface area contributed by atoms with Crippen LogP contribution in [0.15, 0.2) is 47.4 Å². The minimum Gasteiger partial charge on any atom is -0.332 e. The summed E-state index contributed by atoms with van der Waals surface area (Å²) < 4.78 is 28.1. The van der Waals surface area contributed by atoms with Crippen molar-refractivity contribution in [1.29, 1.82) is 0 Å². The zero-order chi connectivity index (χ0) is 27.1. The summed E-state index contributed by atoms with van der Waals surface area (Å²) in [6, 6.07) is 11.8. The third-order valence-electron chi connectivity index (χ3n) is 6.16. The molecule has 0 aliphatic rings. The number of amides is 1. The summed E-state index contributed by atoms with van der Waals surface area (Å²) in [7, 11) is -3.72. The second kappa shape index (κ2) is 16.4.